The average Bonchev–Trinajstić information content (AvgIpc) is 3.33. The Morgan fingerprint density at radius 1 is 1.15 bits per heavy atom. The number of benzene rings is 2. The molecule has 6 nitrogen and oxygen atoms in total. The topological polar surface area (TPSA) is 64.2 Å². The Balaban J connectivity index is 1.34. The number of oxazole rings is 1. The second-order valence-electron chi connectivity index (χ2n) is 6.11. The second kappa shape index (κ2) is 7.67. The van der Waals surface area contributed by atoms with Gasteiger partial charge in [-0.25, -0.2) is 9.67 Å². The first-order chi connectivity index (χ1) is 13.2. The molecule has 1 amide bonds. The number of hydrogen-bond acceptors (Lipinski definition) is 5. The van der Waals surface area contributed by atoms with Crippen LogP contribution in [0, 0.1) is 0 Å². The van der Waals surface area contributed by atoms with Crippen molar-refractivity contribution in [3.8, 4) is 5.69 Å². The molecule has 0 N–H and O–H groups in total. The summed E-state index contributed by atoms with van der Waals surface area (Å²) in [5, 5.41) is 4.87. The van der Waals surface area contributed by atoms with Crippen LogP contribution in [0.25, 0.3) is 16.8 Å². The van der Waals surface area contributed by atoms with E-state index in [1.54, 1.807) is 22.8 Å². The fraction of sp³-hybridized carbons (Fsp3) is 0.150. The highest BCUT2D eigenvalue weighted by atomic mass is 32.2. The molecule has 0 saturated carbocycles. The summed E-state index contributed by atoms with van der Waals surface area (Å²) in [7, 11) is 1.79. The summed E-state index contributed by atoms with van der Waals surface area (Å²) in [5.74, 6) is 0.283. The minimum absolute atomic E-state index is 0.00900. The van der Waals surface area contributed by atoms with Crippen molar-refractivity contribution < 1.29 is 9.21 Å². The van der Waals surface area contributed by atoms with E-state index in [-0.39, 0.29) is 11.7 Å². The summed E-state index contributed by atoms with van der Waals surface area (Å²) in [6.07, 6.45) is 3.72. The minimum Gasteiger partial charge on any atom is -0.431 e. The minimum atomic E-state index is 0.00900. The standard InChI is InChI=1S/C20H18N4O2S/c1-23(12-15-11-21-24(13-15)16-7-3-2-4-8-16)19(25)14-27-20-22-17-9-5-6-10-18(17)26-20/h2-11,13H,12,14H2,1H3. The summed E-state index contributed by atoms with van der Waals surface area (Å²) in [6, 6.07) is 17.4. The van der Waals surface area contributed by atoms with E-state index in [1.165, 1.54) is 11.8 Å². The van der Waals surface area contributed by atoms with Crippen LogP contribution in [0.3, 0.4) is 0 Å². The van der Waals surface area contributed by atoms with E-state index in [1.807, 2.05) is 60.8 Å². The third-order valence-electron chi connectivity index (χ3n) is 4.10. The van der Waals surface area contributed by atoms with Gasteiger partial charge in [-0.15, -0.1) is 0 Å². The lowest BCUT2D eigenvalue weighted by Crippen LogP contribution is -2.27. The predicted molar refractivity (Wildman–Crippen MR) is 105 cm³/mol. The molecule has 0 unspecified atom stereocenters. The van der Waals surface area contributed by atoms with E-state index in [4.69, 9.17) is 4.42 Å². The maximum atomic E-state index is 12.4. The van der Waals surface area contributed by atoms with E-state index < -0.39 is 0 Å². The van der Waals surface area contributed by atoms with Gasteiger partial charge in [-0.05, 0) is 24.3 Å². The van der Waals surface area contributed by atoms with E-state index >= 15 is 0 Å². The van der Waals surface area contributed by atoms with Crippen LogP contribution in [-0.2, 0) is 11.3 Å². The van der Waals surface area contributed by atoms with Crippen molar-refractivity contribution in [3.05, 3.63) is 72.6 Å². The molecule has 27 heavy (non-hydrogen) atoms. The number of rotatable bonds is 6. The van der Waals surface area contributed by atoms with Crippen LogP contribution in [0.15, 0.2) is 76.6 Å². The van der Waals surface area contributed by atoms with Gasteiger partial charge in [0.25, 0.3) is 5.22 Å². The number of para-hydroxylation sites is 3. The third kappa shape index (κ3) is 4.03. The van der Waals surface area contributed by atoms with E-state index in [2.05, 4.69) is 10.1 Å². The molecule has 7 heteroatoms. The number of carbonyl (C=O) groups excluding carboxylic acids is 1. The van der Waals surface area contributed by atoms with Crippen LogP contribution in [0.2, 0.25) is 0 Å². The third-order valence-corrected chi connectivity index (χ3v) is 4.91. The van der Waals surface area contributed by atoms with Crippen LogP contribution < -0.4 is 0 Å². The molecule has 0 aliphatic carbocycles. The van der Waals surface area contributed by atoms with Gasteiger partial charge < -0.3 is 9.32 Å². The van der Waals surface area contributed by atoms with Crippen LogP contribution >= 0.6 is 11.8 Å². The zero-order valence-electron chi connectivity index (χ0n) is 14.8. The molecule has 4 aromatic rings. The molecule has 0 fully saturated rings. The lowest BCUT2D eigenvalue weighted by atomic mass is 10.3. The van der Waals surface area contributed by atoms with Gasteiger partial charge in [-0.2, -0.15) is 5.10 Å². The molecule has 0 radical (unpaired) electrons. The first kappa shape index (κ1) is 17.4. The molecule has 136 valence electrons. The fourth-order valence-corrected chi connectivity index (χ4v) is 3.45. The molecular weight excluding hydrogens is 360 g/mol. The van der Waals surface area contributed by atoms with E-state index in [0.29, 0.717) is 11.8 Å². The molecule has 0 saturated heterocycles. The highest BCUT2D eigenvalue weighted by Crippen LogP contribution is 2.23. The van der Waals surface area contributed by atoms with Crippen molar-refractivity contribution in [2.45, 2.75) is 11.8 Å². The molecule has 0 bridgehead atoms. The summed E-state index contributed by atoms with van der Waals surface area (Å²) in [5.41, 5.74) is 3.49. The quantitative estimate of drug-likeness (QED) is 0.478. The Morgan fingerprint density at radius 2 is 1.93 bits per heavy atom. The number of fused-ring (bicyclic) bond motifs is 1. The van der Waals surface area contributed by atoms with Crippen molar-refractivity contribution in [3.63, 3.8) is 0 Å². The van der Waals surface area contributed by atoms with Crippen molar-refractivity contribution in [1.82, 2.24) is 19.7 Å². The van der Waals surface area contributed by atoms with Crippen LogP contribution in [0.5, 0.6) is 0 Å². The Kier molecular flexibility index (Phi) is 4.93. The van der Waals surface area contributed by atoms with Gasteiger partial charge in [0.05, 0.1) is 17.6 Å². The molecule has 4 rings (SSSR count). The molecule has 2 aromatic carbocycles. The van der Waals surface area contributed by atoms with Crippen LogP contribution in [0.1, 0.15) is 5.56 Å². The maximum Gasteiger partial charge on any atom is 0.257 e. The number of nitrogens with zero attached hydrogens (tertiary/aromatic N) is 4. The first-order valence-corrected chi connectivity index (χ1v) is 9.49. The number of aromatic nitrogens is 3. The molecule has 2 heterocycles. The van der Waals surface area contributed by atoms with Crippen molar-refractivity contribution in [1.29, 1.82) is 0 Å². The monoisotopic (exact) mass is 378 g/mol. The summed E-state index contributed by atoms with van der Waals surface area (Å²) in [4.78, 5) is 18.5. The maximum absolute atomic E-state index is 12.4. The van der Waals surface area contributed by atoms with Crippen molar-refractivity contribution >= 4 is 28.8 Å². The number of amides is 1. The zero-order valence-corrected chi connectivity index (χ0v) is 15.6. The number of hydrogen-bond donors (Lipinski definition) is 0. The summed E-state index contributed by atoms with van der Waals surface area (Å²) < 4.78 is 7.44. The van der Waals surface area contributed by atoms with E-state index in [9.17, 15) is 4.79 Å². The summed E-state index contributed by atoms with van der Waals surface area (Å²) >= 11 is 1.31. The van der Waals surface area contributed by atoms with Crippen LogP contribution in [0.4, 0.5) is 0 Å². The molecule has 0 aliphatic heterocycles. The van der Waals surface area contributed by atoms with Gasteiger partial charge in [-0.3, -0.25) is 4.79 Å². The van der Waals surface area contributed by atoms with E-state index in [0.717, 1.165) is 22.4 Å². The Bertz CT molecular complexity index is 1020. The van der Waals surface area contributed by atoms with Gasteiger partial charge >= 0.3 is 0 Å². The van der Waals surface area contributed by atoms with Crippen molar-refractivity contribution in [2.75, 3.05) is 12.8 Å². The van der Waals surface area contributed by atoms with Gasteiger partial charge in [0.15, 0.2) is 5.58 Å². The molecule has 0 spiro atoms. The summed E-state index contributed by atoms with van der Waals surface area (Å²) in [6.45, 7) is 0.500. The molecule has 0 atom stereocenters. The average molecular weight is 378 g/mol. The Labute approximate surface area is 160 Å². The SMILES string of the molecule is CN(Cc1cnn(-c2ccccc2)c1)C(=O)CSc1nc2ccccc2o1. The van der Waals surface area contributed by atoms with Gasteiger partial charge in [-0.1, -0.05) is 42.1 Å². The largest absolute Gasteiger partial charge is 0.431 e. The highest BCUT2D eigenvalue weighted by Gasteiger charge is 2.14. The lowest BCUT2D eigenvalue weighted by Gasteiger charge is -2.15. The Morgan fingerprint density at radius 3 is 2.74 bits per heavy atom. The number of carbonyl (C=O) groups is 1. The molecule has 0 aliphatic rings. The van der Waals surface area contributed by atoms with Gasteiger partial charge in [0, 0.05) is 25.4 Å². The van der Waals surface area contributed by atoms with Crippen LogP contribution in [-0.4, -0.2) is 38.4 Å². The molecular formula is C20H18N4O2S. The van der Waals surface area contributed by atoms with Gasteiger partial charge in [0.2, 0.25) is 5.91 Å². The van der Waals surface area contributed by atoms with Gasteiger partial charge in [0.1, 0.15) is 5.52 Å². The second-order valence-corrected chi connectivity index (χ2v) is 7.04. The predicted octanol–water partition coefficient (Wildman–Crippen LogP) is 3.76. The Hall–Kier alpha value is -3.06. The fourth-order valence-electron chi connectivity index (χ4n) is 2.67. The smallest absolute Gasteiger partial charge is 0.257 e. The number of thioether (sulfide) groups is 1. The lowest BCUT2D eigenvalue weighted by molar-refractivity contribution is -0.127. The highest BCUT2D eigenvalue weighted by molar-refractivity contribution is 7.99. The first-order valence-electron chi connectivity index (χ1n) is 8.50. The van der Waals surface area contributed by atoms with Crippen molar-refractivity contribution in [2.24, 2.45) is 0 Å². The molecule has 2 aromatic heterocycles. The normalized spacial score (nSPS) is 11.0. The zero-order chi connectivity index (χ0) is 18.6.